The number of carbonyl (C=O) groups excluding carboxylic acids is 1. The van der Waals surface area contributed by atoms with Gasteiger partial charge in [0, 0.05) is 40.9 Å². The summed E-state index contributed by atoms with van der Waals surface area (Å²) < 4.78 is 77.8. The number of carbonyl (C=O) groups is 1. The lowest BCUT2D eigenvalue weighted by atomic mass is 9.98. The van der Waals surface area contributed by atoms with Gasteiger partial charge in [0.05, 0.1) is 25.8 Å². The number of benzene rings is 2. The van der Waals surface area contributed by atoms with Gasteiger partial charge in [-0.15, -0.1) is 0 Å². The van der Waals surface area contributed by atoms with Crippen LogP contribution in [0.4, 0.5) is 17.6 Å². The lowest BCUT2D eigenvalue weighted by molar-refractivity contribution is -0.142. The van der Waals surface area contributed by atoms with Gasteiger partial charge in [-0.2, -0.15) is 13.2 Å². The highest BCUT2D eigenvalue weighted by Crippen LogP contribution is 2.41. The fourth-order valence-corrected chi connectivity index (χ4v) is 4.01. The first-order chi connectivity index (χ1) is 18.2. The summed E-state index contributed by atoms with van der Waals surface area (Å²) in [6, 6.07) is 8.94. The molecule has 2 N–H and O–H groups in total. The molecule has 2 aromatic heterocycles. The summed E-state index contributed by atoms with van der Waals surface area (Å²) in [5, 5.41) is -0.253. The summed E-state index contributed by atoms with van der Waals surface area (Å²) in [7, 11) is 1.46. The van der Waals surface area contributed by atoms with Crippen LogP contribution in [0.15, 0.2) is 53.3 Å². The SMILES string of the molecule is CCOC(=O)Cc1ccc(OC)cc1OCc1cc(-c2ccnc(CN)c2F)c2occ(C(F)(F)F)c2c1. The van der Waals surface area contributed by atoms with Gasteiger partial charge in [-0.05, 0) is 36.8 Å². The smallest absolute Gasteiger partial charge is 0.420 e. The summed E-state index contributed by atoms with van der Waals surface area (Å²) in [4.78, 5) is 15.9. The van der Waals surface area contributed by atoms with Crippen molar-refractivity contribution in [3.8, 4) is 22.6 Å². The van der Waals surface area contributed by atoms with Crippen molar-refractivity contribution >= 4 is 16.9 Å². The van der Waals surface area contributed by atoms with Gasteiger partial charge in [0.15, 0.2) is 5.82 Å². The van der Waals surface area contributed by atoms with Gasteiger partial charge in [0.25, 0.3) is 0 Å². The van der Waals surface area contributed by atoms with Crippen LogP contribution in [0, 0.1) is 5.82 Å². The Kier molecular flexibility index (Phi) is 7.86. The Morgan fingerprint density at radius 1 is 1.13 bits per heavy atom. The number of halogens is 4. The Labute approximate surface area is 215 Å². The number of hydrogen-bond acceptors (Lipinski definition) is 7. The molecular formula is C27H24F4N2O5. The van der Waals surface area contributed by atoms with Crippen molar-refractivity contribution in [2.75, 3.05) is 13.7 Å². The number of nitrogens with zero attached hydrogens (tertiary/aromatic N) is 1. The third kappa shape index (κ3) is 5.57. The number of methoxy groups -OCH3 is 1. The number of nitrogens with two attached hydrogens (primary N) is 1. The zero-order valence-corrected chi connectivity index (χ0v) is 20.5. The molecule has 0 bridgehead atoms. The monoisotopic (exact) mass is 532 g/mol. The normalized spacial score (nSPS) is 11.6. The predicted molar refractivity (Wildman–Crippen MR) is 130 cm³/mol. The molecule has 7 nitrogen and oxygen atoms in total. The third-order valence-corrected chi connectivity index (χ3v) is 5.79. The van der Waals surface area contributed by atoms with E-state index in [9.17, 15) is 18.0 Å². The molecule has 38 heavy (non-hydrogen) atoms. The molecule has 0 aliphatic rings. The van der Waals surface area contributed by atoms with E-state index < -0.39 is 23.5 Å². The van der Waals surface area contributed by atoms with Crippen molar-refractivity contribution in [2.45, 2.75) is 32.7 Å². The van der Waals surface area contributed by atoms with E-state index in [2.05, 4.69) is 4.98 Å². The number of aromatic nitrogens is 1. The van der Waals surface area contributed by atoms with E-state index >= 15 is 4.39 Å². The summed E-state index contributed by atoms with van der Waals surface area (Å²) in [5.41, 5.74) is 5.25. The van der Waals surface area contributed by atoms with Gasteiger partial charge in [-0.3, -0.25) is 9.78 Å². The molecule has 0 unspecified atom stereocenters. The minimum absolute atomic E-state index is 0.0141. The standard InChI is InChI=1S/C27H24F4N2O5/c1-3-36-24(34)10-16-4-5-17(35-2)11-23(16)37-13-15-8-19(18-6-7-33-22(12-32)25(18)28)26-20(9-15)21(14-38-26)27(29,30)31/h4-9,11,14H,3,10,12-13,32H2,1-2H3. The largest absolute Gasteiger partial charge is 0.497 e. The van der Waals surface area contributed by atoms with Crippen molar-refractivity contribution in [1.82, 2.24) is 4.98 Å². The number of furan rings is 1. The van der Waals surface area contributed by atoms with Crippen LogP contribution in [0.2, 0.25) is 0 Å². The van der Waals surface area contributed by atoms with Crippen molar-refractivity contribution in [1.29, 1.82) is 0 Å². The summed E-state index contributed by atoms with van der Waals surface area (Å²) in [6.45, 7) is 1.49. The molecule has 0 atom stereocenters. The Morgan fingerprint density at radius 3 is 2.61 bits per heavy atom. The van der Waals surface area contributed by atoms with Gasteiger partial charge in [0.1, 0.15) is 35.5 Å². The number of fused-ring (bicyclic) bond motifs is 1. The molecule has 0 aliphatic heterocycles. The minimum atomic E-state index is -4.71. The Balaban J connectivity index is 1.79. The number of rotatable bonds is 9. The second-order valence-electron chi connectivity index (χ2n) is 8.23. The van der Waals surface area contributed by atoms with E-state index in [0.717, 1.165) is 0 Å². The first-order valence-electron chi connectivity index (χ1n) is 11.6. The van der Waals surface area contributed by atoms with E-state index in [0.29, 0.717) is 23.1 Å². The second kappa shape index (κ2) is 11.1. The Bertz CT molecular complexity index is 1470. The van der Waals surface area contributed by atoms with Crippen LogP contribution in [0.3, 0.4) is 0 Å². The van der Waals surface area contributed by atoms with Crippen LogP contribution in [0.1, 0.15) is 29.3 Å². The van der Waals surface area contributed by atoms with E-state index in [-0.39, 0.29) is 59.7 Å². The van der Waals surface area contributed by atoms with Gasteiger partial charge in [-0.1, -0.05) is 6.07 Å². The zero-order valence-electron chi connectivity index (χ0n) is 20.5. The minimum Gasteiger partial charge on any atom is -0.497 e. The fourth-order valence-electron chi connectivity index (χ4n) is 4.01. The lowest BCUT2D eigenvalue weighted by Gasteiger charge is -2.15. The molecule has 0 amide bonds. The third-order valence-electron chi connectivity index (χ3n) is 5.79. The van der Waals surface area contributed by atoms with Crippen molar-refractivity contribution in [3.63, 3.8) is 0 Å². The molecule has 2 heterocycles. The number of esters is 1. The summed E-state index contributed by atoms with van der Waals surface area (Å²) in [6.07, 6.45) is -2.87. The van der Waals surface area contributed by atoms with E-state index in [4.69, 9.17) is 24.4 Å². The highest BCUT2D eigenvalue weighted by Gasteiger charge is 2.35. The molecule has 0 saturated carbocycles. The summed E-state index contributed by atoms with van der Waals surface area (Å²) >= 11 is 0. The first kappa shape index (κ1) is 26.9. The second-order valence-corrected chi connectivity index (χ2v) is 8.23. The molecular weight excluding hydrogens is 508 g/mol. The number of alkyl halides is 3. The molecule has 4 rings (SSSR count). The topological polar surface area (TPSA) is 96.8 Å². The van der Waals surface area contributed by atoms with Crippen LogP contribution >= 0.6 is 0 Å². The molecule has 0 radical (unpaired) electrons. The molecule has 0 fully saturated rings. The van der Waals surface area contributed by atoms with Crippen LogP contribution in [-0.4, -0.2) is 24.7 Å². The number of pyridine rings is 1. The van der Waals surface area contributed by atoms with Gasteiger partial charge < -0.3 is 24.4 Å². The molecule has 11 heteroatoms. The number of ether oxygens (including phenoxy) is 3. The maximum Gasteiger partial charge on any atom is 0.420 e. The molecule has 0 aliphatic carbocycles. The molecule has 0 saturated heterocycles. The van der Waals surface area contributed by atoms with Crippen LogP contribution in [-0.2, 0) is 35.3 Å². The average molecular weight is 532 g/mol. The highest BCUT2D eigenvalue weighted by molar-refractivity contribution is 5.95. The molecule has 0 spiro atoms. The van der Waals surface area contributed by atoms with Gasteiger partial charge in [0.2, 0.25) is 0 Å². The number of hydrogen-bond donors (Lipinski definition) is 1. The van der Waals surface area contributed by atoms with Crippen LogP contribution in [0.5, 0.6) is 11.5 Å². The Hall–Kier alpha value is -4.12. The predicted octanol–water partition coefficient (Wildman–Crippen LogP) is 5.80. The van der Waals surface area contributed by atoms with Gasteiger partial charge in [-0.25, -0.2) is 4.39 Å². The van der Waals surface area contributed by atoms with E-state index in [1.54, 1.807) is 25.1 Å². The lowest BCUT2D eigenvalue weighted by Crippen LogP contribution is -2.09. The van der Waals surface area contributed by atoms with E-state index in [1.807, 2.05) is 0 Å². The first-order valence-corrected chi connectivity index (χ1v) is 11.6. The van der Waals surface area contributed by atoms with Gasteiger partial charge >= 0.3 is 12.1 Å². The van der Waals surface area contributed by atoms with Crippen LogP contribution < -0.4 is 15.2 Å². The van der Waals surface area contributed by atoms with Crippen molar-refractivity contribution < 1.29 is 41.0 Å². The average Bonchev–Trinajstić information content (AvgIpc) is 3.33. The maximum absolute atomic E-state index is 15.1. The van der Waals surface area contributed by atoms with Crippen molar-refractivity contribution in [2.24, 2.45) is 5.73 Å². The Morgan fingerprint density at radius 2 is 1.92 bits per heavy atom. The van der Waals surface area contributed by atoms with Crippen LogP contribution in [0.25, 0.3) is 22.1 Å². The molecule has 200 valence electrons. The molecule has 2 aromatic carbocycles. The van der Waals surface area contributed by atoms with E-state index in [1.165, 1.54) is 31.5 Å². The quantitative estimate of drug-likeness (QED) is 0.215. The molecule has 4 aromatic rings. The fraction of sp³-hybridized carbons (Fsp3) is 0.259. The van der Waals surface area contributed by atoms with Crippen molar-refractivity contribution in [3.05, 3.63) is 77.1 Å². The maximum atomic E-state index is 15.1. The highest BCUT2D eigenvalue weighted by atomic mass is 19.4. The zero-order chi connectivity index (χ0) is 27.4. The summed E-state index contributed by atoms with van der Waals surface area (Å²) in [5.74, 6) is -0.499.